The van der Waals surface area contributed by atoms with Crippen molar-refractivity contribution in [2.45, 2.75) is 6.92 Å². The number of amides is 1. The highest BCUT2D eigenvalue weighted by Crippen LogP contribution is 2.12. The van der Waals surface area contributed by atoms with Gasteiger partial charge in [0.2, 0.25) is 0 Å². The van der Waals surface area contributed by atoms with Gasteiger partial charge >= 0.3 is 0 Å². The molecule has 1 fully saturated rings. The molecule has 1 aliphatic heterocycles. The van der Waals surface area contributed by atoms with Gasteiger partial charge in [-0.1, -0.05) is 18.8 Å². The zero-order valence-corrected chi connectivity index (χ0v) is 11.7. The number of carbonyl (C=O) groups excluding carboxylic acids is 1. The van der Waals surface area contributed by atoms with Gasteiger partial charge in [0.25, 0.3) is 5.91 Å². The number of hydrogen-bond acceptors (Lipinski definition) is 4. The van der Waals surface area contributed by atoms with Crippen LogP contribution in [-0.4, -0.2) is 65.1 Å². The summed E-state index contributed by atoms with van der Waals surface area (Å²) in [4.78, 5) is 20.7. The van der Waals surface area contributed by atoms with E-state index in [2.05, 4.69) is 28.6 Å². The summed E-state index contributed by atoms with van der Waals surface area (Å²) in [6.45, 7) is 6.21. The Morgan fingerprint density at radius 1 is 1.40 bits per heavy atom. The zero-order chi connectivity index (χ0) is 14.4. The Labute approximate surface area is 119 Å². The van der Waals surface area contributed by atoms with Gasteiger partial charge in [0.05, 0.1) is 11.1 Å². The van der Waals surface area contributed by atoms with E-state index in [1.807, 2.05) is 4.90 Å². The van der Waals surface area contributed by atoms with Crippen molar-refractivity contribution in [2.75, 3.05) is 39.3 Å². The quantitative estimate of drug-likeness (QED) is 0.782. The van der Waals surface area contributed by atoms with E-state index in [9.17, 15) is 4.79 Å². The van der Waals surface area contributed by atoms with E-state index in [4.69, 9.17) is 5.11 Å². The predicted molar refractivity (Wildman–Crippen MR) is 76.2 cm³/mol. The van der Waals surface area contributed by atoms with E-state index < -0.39 is 0 Å². The molecule has 0 saturated carbocycles. The van der Waals surface area contributed by atoms with Crippen LogP contribution >= 0.6 is 0 Å². The molecule has 1 aliphatic rings. The van der Waals surface area contributed by atoms with Crippen LogP contribution in [0, 0.1) is 11.8 Å². The van der Waals surface area contributed by atoms with Crippen molar-refractivity contribution in [3.05, 3.63) is 29.6 Å². The Morgan fingerprint density at radius 3 is 2.80 bits per heavy atom. The lowest BCUT2D eigenvalue weighted by atomic mass is 10.1. The molecule has 0 unspecified atom stereocenters. The van der Waals surface area contributed by atoms with Crippen molar-refractivity contribution in [2.24, 2.45) is 0 Å². The maximum absolute atomic E-state index is 12.5. The number of aliphatic hydroxyl groups is 1. The SMILES string of the molecule is CCN1CCN(C(=O)c2ccncc2C#CCO)CC1. The first kappa shape index (κ1) is 14.5. The smallest absolute Gasteiger partial charge is 0.255 e. The summed E-state index contributed by atoms with van der Waals surface area (Å²) in [7, 11) is 0. The second kappa shape index (κ2) is 7.04. The molecule has 0 radical (unpaired) electrons. The maximum Gasteiger partial charge on any atom is 0.255 e. The molecule has 0 aromatic carbocycles. The second-order valence-corrected chi connectivity index (χ2v) is 4.61. The second-order valence-electron chi connectivity index (χ2n) is 4.61. The van der Waals surface area contributed by atoms with E-state index in [0.717, 1.165) is 32.7 Å². The Balaban J connectivity index is 2.13. The van der Waals surface area contributed by atoms with Crippen molar-refractivity contribution in [3.63, 3.8) is 0 Å². The highest BCUT2D eigenvalue weighted by Gasteiger charge is 2.22. The molecule has 1 N–H and O–H groups in total. The fraction of sp³-hybridized carbons (Fsp3) is 0.467. The maximum atomic E-state index is 12.5. The van der Waals surface area contributed by atoms with Crippen molar-refractivity contribution < 1.29 is 9.90 Å². The molecule has 2 heterocycles. The minimum Gasteiger partial charge on any atom is -0.384 e. The molecule has 0 bridgehead atoms. The fourth-order valence-electron chi connectivity index (χ4n) is 2.25. The lowest BCUT2D eigenvalue weighted by molar-refractivity contribution is 0.0643. The molecule has 0 aliphatic carbocycles. The van der Waals surface area contributed by atoms with Crippen LogP contribution in [0.3, 0.4) is 0 Å². The molecule has 5 nitrogen and oxygen atoms in total. The summed E-state index contributed by atoms with van der Waals surface area (Å²) in [5.41, 5.74) is 1.13. The third-order valence-electron chi connectivity index (χ3n) is 3.46. The number of nitrogens with zero attached hydrogens (tertiary/aromatic N) is 3. The first-order chi connectivity index (χ1) is 9.76. The lowest BCUT2D eigenvalue weighted by Gasteiger charge is -2.34. The molecular formula is C15H19N3O2. The standard InChI is InChI=1S/C15H19N3O2/c1-2-17-7-9-18(10-8-17)15(20)14-5-6-16-12-13(14)4-3-11-19/h5-6,12,19H,2,7-11H2,1H3. The number of rotatable bonds is 2. The Bertz CT molecular complexity index is 525. The number of pyridine rings is 1. The molecule has 1 aromatic rings. The number of aromatic nitrogens is 1. The molecule has 0 spiro atoms. The number of hydrogen-bond donors (Lipinski definition) is 1. The van der Waals surface area contributed by atoms with Gasteiger partial charge in [-0.3, -0.25) is 9.78 Å². The largest absolute Gasteiger partial charge is 0.384 e. The molecule has 5 heteroatoms. The molecule has 1 amide bonds. The monoisotopic (exact) mass is 273 g/mol. The van der Waals surface area contributed by atoms with E-state index >= 15 is 0 Å². The third-order valence-corrected chi connectivity index (χ3v) is 3.46. The van der Waals surface area contributed by atoms with Crippen LogP contribution in [0.25, 0.3) is 0 Å². The van der Waals surface area contributed by atoms with Crippen LogP contribution in [0.4, 0.5) is 0 Å². The van der Waals surface area contributed by atoms with Gasteiger partial charge in [0.1, 0.15) is 6.61 Å². The summed E-state index contributed by atoms with van der Waals surface area (Å²) in [5, 5.41) is 8.77. The summed E-state index contributed by atoms with van der Waals surface area (Å²) in [5.74, 6) is 5.34. The van der Waals surface area contributed by atoms with Crippen LogP contribution in [-0.2, 0) is 0 Å². The summed E-state index contributed by atoms with van der Waals surface area (Å²) in [6, 6.07) is 1.69. The van der Waals surface area contributed by atoms with Gasteiger partial charge in [0.15, 0.2) is 0 Å². The summed E-state index contributed by atoms with van der Waals surface area (Å²) >= 11 is 0. The molecule has 2 rings (SSSR count). The number of likely N-dealkylation sites (N-methyl/N-ethyl adjacent to an activating group) is 1. The minimum absolute atomic E-state index is 0.00890. The van der Waals surface area contributed by atoms with Crippen LogP contribution < -0.4 is 0 Å². The minimum atomic E-state index is -0.225. The Morgan fingerprint density at radius 2 is 2.15 bits per heavy atom. The van der Waals surface area contributed by atoms with E-state index in [-0.39, 0.29) is 12.5 Å². The highest BCUT2D eigenvalue weighted by molar-refractivity contribution is 5.96. The van der Waals surface area contributed by atoms with E-state index in [1.165, 1.54) is 0 Å². The Hall–Kier alpha value is -1.90. The van der Waals surface area contributed by atoms with Crippen LogP contribution in [0.1, 0.15) is 22.8 Å². The average molecular weight is 273 g/mol. The number of carbonyl (C=O) groups is 1. The Kier molecular flexibility index (Phi) is 5.10. The summed E-state index contributed by atoms with van der Waals surface area (Å²) < 4.78 is 0. The molecule has 106 valence electrons. The fourth-order valence-corrected chi connectivity index (χ4v) is 2.25. The van der Waals surface area contributed by atoms with Gasteiger partial charge < -0.3 is 14.9 Å². The molecular weight excluding hydrogens is 254 g/mol. The normalized spacial score (nSPS) is 15.6. The first-order valence-electron chi connectivity index (χ1n) is 6.81. The predicted octanol–water partition coefficient (Wildman–Crippen LogP) is 0.203. The third kappa shape index (κ3) is 3.35. The lowest BCUT2D eigenvalue weighted by Crippen LogP contribution is -2.48. The van der Waals surface area contributed by atoms with Crippen LogP contribution in [0.15, 0.2) is 18.5 Å². The van der Waals surface area contributed by atoms with Gasteiger partial charge in [-0.05, 0) is 12.6 Å². The zero-order valence-electron chi connectivity index (χ0n) is 11.7. The van der Waals surface area contributed by atoms with Gasteiger partial charge in [-0.15, -0.1) is 0 Å². The van der Waals surface area contributed by atoms with Crippen LogP contribution in [0.5, 0.6) is 0 Å². The topological polar surface area (TPSA) is 56.7 Å². The van der Waals surface area contributed by atoms with Crippen molar-refractivity contribution in [1.29, 1.82) is 0 Å². The average Bonchev–Trinajstić information content (AvgIpc) is 2.52. The highest BCUT2D eigenvalue weighted by atomic mass is 16.2. The molecule has 1 saturated heterocycles. The molecule has 0 atom stereocenters. The number of piperazine rings is 1. The van der Waals surface area contributed by atoms with Crippen molar-refractivity contribution >= 4 is 5.91 Å². The summed E-state index contributed by atoms with van der Waals surface area (Å²) in [6.07, 6.45) is 3.16. The van der Waals surface area contributed by atoms with Gasteiger partial charge in [0, 0.05) is 38.6 Å². The van der Waals surface area contributed by atoms with Gasteiger partial charge in [-0.25, -0.2) is 0 Å². The van der Waals surface area contributed by atoms with Crippen LogP contribution in [0.2, 0.25) is 0 Å². The van der Waals surface area contributed by atoms with Crippen molar-refractivity contribution in [1.82, 2.24) is 14.8 Å². The van der Waals surface area contributed by atoms with E-state index in [1.54, 1.807) is 18.5 Å². The van der Waals surface area contributed by atoms with E-state index in [0.29, 0.717) is 11.1 Å². The molecule has 20 heavy (non-hydrogen) atoms. The van der Waals surface area contributed by atoms with Crippen molar-refractivity contribution in [3.8, 4) is 11.8 Å². The van der Waals surface area contributed by atoms with Gasteiger partial charge in [-0.2, -0.15) is 0 Å². The molecule has 1 aromatic heterocycles. The number of aliphatic hydroxyl groups excluding tert-OH is 1. The first-order valence-corrected chi connectivity index (χ1v) is 6.81.